The Morgan fingerprint density at radius 3 is 2.67 bits per heavy atom. The summed E-state index contributed by atoms with van der Waals surface area (Å²) in [6.45, 7) is 3.97. The number of piperidine rings is 1. The topological polar surface area (TPSA) is 58.4 Å². The van der Waals surface area contributed by atoms with Crippen molar-refractivity contribution in [1.29, 1.82) is 0 Å². The molecule has 1 atom stereocenters. The van der Waals surface area contributed by atoms with Gasteiger partial charge in [-0.1, -0.05) is 35.0 Å². The molecule has 1 unspecified atom stereocenters. The number of hydrogen-bond acceptors (Lipinski definition) is 4. The Kier molecular flexibility index (Phi) is 4.10. The van der Waals surface area contributed by atoms with Crippen LogP contribution in [0, 0.1) is 6.92 Å². The largest absolute Gasteiger partial charge is 0.350 e. The Balaban J connectivity index is 1.55. The van der Waals surface area contributed by atoms with Gasteiger partial charge < -0.3 is 14.7 Å². The first-order valence-electron chi connectivity index (χ1n) is 8.79. The van der Waals surface area contributed by atoms with Crippen molar-refractivity contribution in [3.8, 4) is 11.3 Å². The molecule has 1 saturated heterocycles. The van der Waals surface area contributed by atoms with Crippen molar-refractivity contribution in [2.24, 2.45) is 0 Å². The molecule has 5 heteroatoms. The predicted molar refractivity (Wildman–Crippen MR) is 91.8 cm³/mol. The summed E-state index contributed by atoms with van der Waals surface area (Å²) in [5.74, 6) is 0.333. The summed E-state index contributed by atoms with van der Waals surface area (Å²) in [5, 5.41) is 7.51. The zero-order valence-corrected chi connectivity index (χ0v) is 14.0. The first-order valence-corrected chi connectivity index (χ1v) is 8.79. The number of carbonyl (C=O) groups excluding carboxylic acids is 1. The molecule has 1 aliphatic carbocycles. The summed E-state index contributed by atoms with van der Waals surface area (Å²) in [7, 11) is 0. The maximum absolute atomic E-state index is 13.0. The molecule has 126 valence electrons. The fourth-order valence-corrected chi connectivity index (χ4v) is 3.42. The van der Waals surface area contributed by atoms with Crippen molar-refractivity contribution in [3.63, 3.8) is 0 Å². The van der Waals surface area contributed by atoms with Gasteiger partial charge in [-0.05, 0) is 39.2 Å². The second kappa shape index (κ2) is 6.40. The number of hydrogen-bond donors (Lipinski definition) is 1. The number of aryl methyl sites for hydroxylation is 1. The Morgan fingerprint density at radius 1 is 1.21 bits per heavy atom. The third-order valence-corrected chi connectivity index (χ3v) is 4.91. The maximum atomic E-state index is 13.0. The average molecular weight is 325 g/mol. The third kappa shape index (κ3) is 3.08. The SMILES string of the molecule is Cc1ccc(-c2cc(C(=O)N(C3CC3)C3CCCNC3)on2)cc1. The van der Waals surface area contributed by atoms with Crippen LogP contribution in [0.1, 0.15) is 41.8 Å². The van der Waals surface area contributed by atoms with E-state index in [9.17, 15) is 4.79 Å². The van der Waals surface area contributed by atoms with E-state index < -0.39 is 0 Å². The fourth-order valence-electron chi connectivity index (χ4n) is 3.42. The molecule has 2 aliphatic rings. The predicted octanol–water partition coefficient (Wildman–Crippen LogP) is 3.01. The zero-order valence-electron chi connectivity index (χ0n) is 14.0. The molecule has 5 nitrogen and oxygen atoms in total. The standard InChI is InChI=1S/C19H23N3O2/c1-13-4-6-14(7-5-13)17-11-18(24-21-17)19(23)22(15-8-9-15)16-3-2-10-20-12-16/h4-7,11,15-16,20H,2-3,8-10,12H2,1H3. The summed E-state index contributed by atoms with van der Waals surface area (Å²) in [4.78, 5) is 15.0. The summed E-state index contributed by atoms with van der Waals surface area (Å²) >= 11 is 0. The quantitative estimate of drug-likeness (QED) is 0.939. The van der Waals surface area contributed by atoms with Crippen LogP contribution < -0.4 is 5.32 Å². The van der Waals surface area contributed by atoms with Crippen molar-refractivity contribution in [2.45, 2.75) is 44.7 Å². The summed E-state index contributed by atoms with van der Waals surface area (Å²) in [5.41, 5.74) is 2.89. The molecule has 24 heavy (non-hydrogen) atoms. The number of benzene rings is 1. The fraction of sp³-hybridized carbons (Fsp3) is 0.474. The van der Waals surface area contributed by atoms with Gasteiger partial charge in [-0.2, -0.15) is 0 Å². The Hall–Kier alpha value is -2.14. The Labute approximate surface area is 142 Å². The maximum Gasteiger partial charge on any atom is 0.293 e. The molecule has 0 radical (unpaired) electrons. The molecule has 1 aromatic carbocycles. The van der Waals surface area contributed by atoms with Gasteiger partial charge in [0.05, 0.1) is 0 Å². The number of nitrogens with one attached hydrogen (secondary N) is 1. The molecule has 2 aromatic rings. The Morgan fingerprint density at radius 2 is 2.00 bits per heavy atom. The minimum absolute atomic E-state index is 0.0166. The van der Waals surface area contributed by atoms with Gasteiger partial charge in [0.1, 0.15) is 5.69 Å². The second-order valence-electron chi connectivity index (χ2n) is 6.89. The lowest BCUT2D eigenvalue weighted by Crippen LogP contribution is -2.49. The minimum Gasteiger partial charge on any atom is -0.350 e. The molecule has 1 aliphatic heterocycles. The number of carbonyl (C=O) groups is 1. The highest BCUT2D eigenvalue weighted by Gasteiger charge is 2.39. The van der Waals surface area contributed by atoms with E-state index in [1.807, 2.05) is 36.1 Å². The average Bonchev–Trinajstić information content (AvgIpc) is 3.31. The molecular formula is C19H23N3O2. The van der Waals surface area contributed by atoms with E-state index in [0.717, 1.165) is 50.0 Å². The van der Waals surface area contributed by atoms with Crippen molar-refractivity contribution in [3.05, 3.63) is 41.7 Å². The third-order valence-electron chi connectivity index (χ3n) is 4.91. The second-order valence-corrected chi connectivity index (χ2v) is 6.89. The molecule has 1 N–H and O–H groups in total. The first-order chi connectivity index (χ1) is 11.7. The lowest BCUT2D eigenvalue weighted by atomic mass is 10.0. The molecule has 1 amide bonds. The van der Waals surface area contributed by atoms with E-state index in [-0.39, 0.29) is 11.9 Å². The molecule has 0 bridgehead atoms. The minimum atomic E-state index is -0.0166. The molecule has 1 aromatic heterocycles. The van der Waals surface area contributed by atoms with Gasteiger partial charge in [-0.15, -0.1) is 0 Å². The van der Waals surface area contributed by atoms with Crippen LogP contribution in [0.5, 0.6) is 0 Å². The van der Waals surface area contributed by atoms with Crippen LogP contribution in [0.25, 0.3) is 11.3 Å². The monoisotopic (exact) mass is 325 g/mol. The Bertz CT molecular complexity index is 712. The number of amides is 1. The van der Waals surface area contributed by atoms with Gasteiger partial charge >= 0.3 is 0 Å². The van der Waals surface area contributed by atoms with Crippen molar-refractivity contribution in [2.75, 3.05) is 13.1 Å². The molecular weight excluding hydrogens is 302 g/mol. The van der Waals surface area contributed by atoms with Crippen molar-refractivity contribution in [1.82, 2.24) is 15.4 Å². The lowest BCUT2D eigenvalue weighted by Gasteiger charge is -2.34. The normalized spacial score (nSPS) is 20.8. The highest BCUT2D eigenvalue weighted by atomic mass is 16.5. The van der Waals surface area contributed by atoms with E-state index in [0.29, 0.717) is 11.8 Å². The zero-order chi connectivity index (χ0) is 16.5. The van der Waals surface area contributed by atoms with Gasteiger partial charge in [0, 0.05) is 30.3 Å². The van der Waals surface area contributed by atoms with E-state index in [4.69, 9.17) is 4.52 Å². The highest BCUT2D eigenvalue weighted by Crippen LogP contribution is 2.32. The van der Waals surface area contributed by atoms with Gasteiger partial charge in [-0.25, -0.2) is 0 Å². The van der Waals surface area contributed by atoms with Crippen LogP contribution in [-0.4, -0.2) is 41.1 Å². The van der Waals surface area contributed by atoms with Gasteiger partial charge in [0.2, 0.25) is 5.76 Å². The van der Waals surface area contributed by atoms with Crippen molar-refractivity contribution < 1.29 is 9.32 Å². The summed E-state index contributed by atoms with van der Waals surface area (Å²) < 4.78 is 5.40. The van der Waals surface area contributed by atoms with Crippen molar-refractivity contribution >= 4 is 5.91 Å². The van der Waals surface area contributed by atoms with Crippen LogP contribution in [0.3, 0.4) is 0 Å². The number of aromatic nitrogens is 1. The van der Waals surface area contributed by atoms with Gasteiger partial charge in [-0.3, -0.25) is 4.79 Å². The smallest absolute Gasteiger partial charge is 0.293 e. The van der Waals surface area contributed by atoms with Crippen LogP contribution in [0.4, 0.5) is 0 Å². The molecule has 2 heterocycles. The van der Waals surface area contributed by atoms with Gasteiger partial charge in [0.15, 0.2) is 0 Å². The van der Waals surface area contributed by atoms with E-state index in [1.165, 1.54) is 5.56 Å². The summed E-state index contributed by atoms with van der Waals surface area (Å²) in [6, 6.07) is 10.5. The van der Waals surface area contributed by atoms with Crippen LogP contribution in [-0.2, 0) is 0 Å². The van der Waals surface area contributed by atoms with E-state index in [2.05, 4.69) is 10.5 Å². The van der Waals surface area contributed by atoms with E-state index >= 15 is 0 Å². The van der Waals surface area contributed by atoms with E-state index in [1.54, 1.807) is 6.07 Å². The van der Waals surface area contributed by atoms with Crippen LogP contribution in [0.15, 0.2) is 34.9 Å². The van der Waals surface area contributed by atoms with Crippen LogP contribution >= 0.6 is 0 Å². The molecule has 0 spiro atoms. The van der Waals surface area contributed by atoms with Gasteiger partial charge in [0.25, 0.3) is 5.91 Å². The number of nitrogens with zero attached hydrogens (tertiary/aromatic N) is 2. The number of rotatable bonds is 4. The molecule has 4 rings (SSSR count). The van der Waals surface area contributed by atoms with Crippen LogP contribution in [0.2, 0.25) is 0 Å². The first kappa shape index (κ1) is 15.4. The molecule has 1 saturated carbocycles. The highest BCUT2D eigenvalue weighted by molar-refractivity contribution is 5.93. The summed E-state index contributed by atoms with van der Waals surface area (Å²) in [6.07, 6.45) is 4.38. The molecule has 2 fully saturated rings. The lowest BCUT2D eigenvalue weighted by molar-refractivity contribution is 0.0587.